The van der Waals surface area contributed by atoms with Crippen LogP contribution in [0.15, 0.2) is 24.3 Å². The number of nitrogens with zero attached hydrogens (tertiary/aromatic N) is 3. The number of benzene rings is 1. The molecule has 26 heavy (non-hydrogen) atoms. The zero-order chi connectivity index (χ0) is 18.7. The van der Waals surface area contributed by atoms with Gasteiger partial charge in [-0.05, 0) is 44.0 Å². The molecule has 9 heteroatoms. The number of carbonyl (C=O) groups excluding carboxylic acids is 1. The van der Waals surface area contributed by atoms with Crippen LogP contribution in [0.3, 0.4) is 0 Å². The molecule has 0 aliphatic heterocycles. The van der Waals surface area contributed by atoms with E-state index in [0.717, 1.165) is 25.7 Å². The number of nitrogens with two attached hydrogens (primary N) is 1. The average Bonchev–Trinajstić information content (AvgIpc) is 3.22. The summed E-state index contributed by atoms with van der Waals surface area (Å²) in [4.78, 5) is 12.6. The van der Waals surface area contributed by atoms with Gasteiger partial charge in [0.1, 0.15) is 5.75 Å². The maximum Gasteiger partial charge on any atom is 0.387 e. The molecule has 0 radical (unpaired) electrons. The van der Waals surface area contributed by atoms with Crippen molar-refractivity contribution in [3.8, 4) is 11.4 Å². The predicted octanol–water partition coefficient (Wildman–Crippen LogP) is 2.18. The van der Waals surface area contributed by atoms with Crippen LogP contribution in [0.2, 0.25) is 0 Å². The van der Waals surface area contributed by atoms with Gasteiger partial charge in [0.25, 0.3) is 5.91 Å². The number of aromatic nitrogens is 3. The Hall–Kier alpha value is -2.55. The van der Waals surface area contributed by atoms with E-state index < -0.39 is 6.61 Å². The Morgan fingerprint density at radius 2 is 2.00 bits per heavy atom. The van der Waals surface area contributed by atoms with E-state index in [0.29, 0.717) is 17.9 Å². The molecule has 0 bridgehead atoms. The second-order valence-electron chi connectivity index (χ2n) is 6.45. The predicted molar refractivity (Wildman–Crippen MR) is 90.4 cm³/mol. The Bertz CT molecular complexity index is 770. The molecule has 3 rings (SSSR count). The highest BCUT2D eigenvalue weighted by Crippen LogP contribution is 2.29. The molecule has 3 N–H and O–H groups in total. The molecule has 0 saturated heterocycles. The number of rotatable bonds is 6. The van der Waals surface area contributed by atoms with Gasteiger partial charge in [-0.15, -0.1) is 5.10 Å². The van der Waals surface area contributed by atoms with Crippen LogP contribution < -0.4 is 15.8 Å². The number of nitrogens with one attached hydrogen (secondary N) is 1. The van der Waals surface area contributed by atoms with Gasteiger partial charge < -0.3 is 15.8 Å². The molecule has 1 aliphatic carbocycles. The van der Waals surface area contributed by atoms with Gasteiger partial charge in [0, 0.05) is 6.54 Å². The topological polar surface area (TPSA) is 95.1 Å². The molecule has 1 amide bonds. The third-order valence-corrected chi connectivity index (χ3v) is 4.75. The Morgan fingerprint density at radius 3 is 2.58 bits per heavy atom. The van der Waals surface area contributed by atoms with Crippen molar-refractivity contribution in [3.05, 3.63) is 35.7 Å². The van der Waals surface area contributed by atoms with Crippen LogP contribution in [0, 0.1) is 6.92 Å². The summed E-state index contributed by atoms with van der Waals surface area (Å²) >= 11 is 0. The zero-order valence-electron chi connectivity index (χ0n) is 14.4. The number of carbonyl (C=O) groups is 1. The Balaban J connectivity index is 1.78. The largest absolute Gasteiger partial charge is 0.435 e. The Labute approximate surface area is 149 Å². The lowest BCUT2D eigenvalue weighted by atomic mass is 9.97. The standard InChI is InChI=1S/C17H21F2N5O2/c1-11-14(15(25)21-17(10-20)8-2-3-9-17)22-23-24(11)12-4-6-13(7-5-12)26-16(18)19/h4-7,16H,2-3,8-10,20H2,1H3,(H,21,25). The van der Waals surface area contributed by atoms with Crippen LogP contribution in [-0.4, -0.2) is 39.6 Å². The summed E-state index contributed by atoms with van der Waals surface area (Å²) in [6.45, 7) is -0.769. The van der Waals surface area contributed by atoms with Gasteiger partial charge in [-0.2, -0.15) is 8.78 Å². The van der Waals surface area contributed by atoms with Crippen LogP contribution in [0.4, 0.5) is 8.78 Å². The van der Waals surface area contributed by atoms with Crippen molar-refractivity contribution < 1.29 is 18.3 Å². The lowest BCUT2D eigenvalue weighted by Crippen LogP contribution is -2.51. The van der Waals surface area contributed by atoms with Crippen molar-refractivity contribution in [1.29, 1.82) is 0 Å². The van der Waals surface area contributed by atoms with E-state index in [9.17, 15) is 13.6 Å². The van der Waals surface area contributed by atoms with Crippen LogP contribution in [0.25, 0.3) is 5.69 Å². The van der Waals surface area contributed by atoms with Crippen molar-refractivity contribution in [2.75, 3.05) is 6.54 Å². The van der Waals surface area contributed by atoms with Crippen LogP contribution in [-0.2, 0) is 0 Å². The van der Waals surface area contributed by atoms with E-state index in [-0.39, 0.29) is 22.9 Å². The monoisotopic (exact) mass is 365 g/mol. The molecule has 1 saturated carbocycles. The third-order valence-electron chi connectivity index (χ3n) is 4.75. The summed E-state index contributed by atoms with van der Waals surface area (Å²) in [7, 11) is 0. The Kier molecular flexibility index (Phi) is 5.17. The van der Waals surface area contributed by atoms with Gasteiger partial charge in [0.15, 0.2) is 5.69 Å². The number of amides is 1. The summed E-state index contributed by atoms with van der Waals surface area (Å²) in [6.07, 6.45) is 3.79. The van der Waals surface area contributed by atoms with Gasteiger partial charge in [-0.1, -0.05) is 18.1 Å². The highest BCUT2D eigenvalue weighted by atomic mass is 19.3. The van der Waals surface area contributed by atoms with Crippen LogP contribution in [0.5, 0.6) is 5.75 Å². The van der Waals surface area contributed by atoms with Crippen LogP contribution in [0.1, 0.15) is 41.9 Å². The molecule has 1 heterocycles. The summed E-state index contributed by atoms with van der Waals surface area (Å²) in [5.74, 6) is -0.260. The molecule has 1 aromatic carbocycles. The number of hydrogen-bond donors (Lipinski definition) is 2. The van der Waals surface area contributed by atoms with E-state index in [1.165, 1.54) is 16.8 Å². The lowest BCUT2D eigenvalue weighted by Gasteiger charge is -2.28. The smallest absolute Gasteiger partial charge is 0.387 e. The first kappa shape index (κ1) is 18.2. The normalized spacial score (nSPS) is 16.0. The highest BCUT2D eigenvalue weighted by Gasteiger charge is 2.35. The summed E-state index contributed by atoms with van der Waals surface area (Å²) in [5, 5.41) is 11.0. The van der Waals surface area contributed by atoms with Gasteiger partial charge in [0.2, 0.25) is 0 Å². The number of ether oxygens (including phenoxy) is 1. The van der Waals surface area contributed by atoms with Crippen molar-refractivity contribution in [2.24, 2.45) is 5.73 Å². The summed E-state index contributed by atoms with van der Waals surface area (Å²) < 4.78 is 30.2. The minimum atomic E-state index is -2.88. The third kappa shape index (κ3) is 3.67. The zero-order valence-corrected chi connectivity index (χ0v) is 14.4. The molecule has 2 aromatic rings. The fourth-order valence-electron chi connectivity index (χ4n) is 3.28. The Morgan fingerprint density at radius 1 is 1.35 bits per heavy atom. The molecule has 1 aromatic heterocycles. The molecule has 7 nitrogen and oxygen atoms in total. The minimum absolute atomic E-state index is 0.0469. The number of hydrogen-bond acceptors (Lipinski definition) is 5. The SMILES string of the molecule is Cc1c(C(=O)NC2(CN)CCCC2)nnn1-c1ccc(OC(F)F)cc1. The minimum Gasteiger partial charge on any atom is -0.435 e. The molecule has 0 spiro atoms. The molecule has 1 fully saturated rings. The quantitative estimate of drug-likeness (QED) is 0.818. The van der Waals surface area contributed by atoms with E-state index in [1.807, 2.05) is 0 Å². The van der Waals surface area contributed by atoms with Crippen molar-refractivity contribution in [3.63, 3.8) is 0 Å². The second-order valence-corrected chi connectivity index (χ2v) is 6.45. The molecule has 1 aliphatic rings. The summed E-state index contributed by atoms with van der Waals surface area (Å²) in [5.41, 5.74) is 6.84. The van der Waals surface area contributed by atoms with E-state index in [4.69, 9.17) is 5.73 Å². The number of halogens is 2. The first-order valence-electron chi connectivity index (χ1n) is 8.44. The highest BCUT2D eigenvalue weighted by molar-refractivity contribution is 5.93. The lowest BCUT2D eigenvalue weighted by molar-refractivity contribution is -0.0498. The molecular weight excluding hydrogens is 344 g/mol. The van der Waals surface area contributed by atoms with Crippen molar-refractivity contribution in [2.45, 2.75) is 44.8 Å². The van der Waals surface area contributed by atoms with Crippen molar-refractivity contribution in [1.82, 2.24) is 20.3 Å². The van der Waals surface area contributed by atoms with Gasteiger partial charge in [-0.3, -0.25) is 4.79 Å². The van der Waals surface area contributed by atoms with E-state index in [2.05, 4.69) is 20.4 Å². The van der Waals surface area contributed by atoms with E-state index in [1.54, 1.807) is 19.1 Å². The van der Waals surface area contributed by atoms with Gasteiger partial charge in [-0.25, -0.2) is 4.68 Å². The van der Waals surface area contributed by atoms with Crippen molar-refractivity contribution >= 4 is 5.91 Å². The average molecular weight is 365 g/mol. The maximum atomic E-state index is 12.6. The van der Waals surface area contributed by atoms with Gasteiger partial charge in [0.05, 0.1) is 16.9 Å². The fourth-order valence-corrected chi connectivity index (χ4v) is 3.28. The number of alkyl halides is 2. The van der Waals surface area contributed by atoms with E-state index >= 15 is 0 Å². The summed E-state index contributed by atoms with van der Waals surface area (Å²) in [6, 6.07) is 5.95. The molecule has 0 unspecified atom stereocenters. The van der Waals surface area contributed by atoms with Gasteiger partial charge >= 0.3 is 6.61 Å². The fraction of sp³-hybridized carbons (Fsp3) is 0.471. The first-order valence-corrected chi connectivity index (χ1v) is 8.44. The molecule has 0 atom stereocenters. The first-order chi connectivity index (χ1) is 12.4. The second kappa shape index (κ2) is 7.36. The molecular formula is C17H21F2N5O2. The maximum absolute atomic E-state index is 12.6. The molecule has 140 valence electrons. The van der Waals surface area contributed by atoms with Crippen LogP contribution >= 0.6 is 0 Å².